The van der Waals surface area contributed by atoms with E-state index in [1.165, 1.54) is 0 Å². The van der Waals surface area contributed by atoms with Crippen molar-refractivity contribution in [1.82, 2.24) is 0 Å². The second-order valence-corrected chi connectivity index (χ2v) is 31.3. The van der Waals surface area contributed by atoms with E-state index in [1.807, 2.05) is 0 Å². The first-order chi connectivity index (χ1) is 17.3. The van der Waals surface area contributed by atoms with Crippen LogP contribution in [0.25, 0.3) is 0 Å². The molecular weight excluding hydrogens is 508 g/mol. The fourth-order valence-corrected chi connectivity index (χ4v) is 63.4. The van der Waals surface area contributed by atoms with E-state index in [4.69, 9.17) is 0 Å². The molecule has 0 amide bonds. The van der Waals surface area contributed by atoms with E-state index >= 15 is 0 Å². The average Bonchev–Trinajstić information content (AvgIpc) is 2.89. The van der Waals surface area contributed by atoms with Gasteiger partial charge in [0.25, 0.3) is 0 Å². The summed E-state index contributed by atoms with van der Waals surface area (Å²) in [6.07, 6.45) is 32.1. The van der Waals surface area contributed by atoms with Crippen LogP contribution in [0, 0.1) is 21.7 Å². The molecule has 6 heterocycles. The van der Waals surface area contributed by atoms with Crippen LogP contribution in [0.1, 0.15) is 156 Å². The highest BCUT2D eigenvalue weighted by molar-refractivity contribution is 8.53. The summed E-state index contributed by atoms with van der Waals surface area (Å²) in [5.74, 6) is 0. The van der Waals surface area contributed by atoms with Gasteiger partial charge in [0.15, 0.2) is 0 Å². The zero-order chi connectivity index (χ0) is 24.5. The van der Waals surface area contributed by atoms with E-state index in [9.17, 15) is 0 Å². The third-order valence-electron chi connectivity index (χ3n) is 14.8. The summed E-state index contributed by atoms with van der Waals surface area (Å²) in [6.45, 7) is 11.8. The lowest BCUT2D eigenvalue weighted by molar-refractivity contribution is 0.110. The van der Waals surface area contributed by atoms with Gasteiger partial charge in [0.05, 0.1) is 0 Å². The molecule has 10 rings (SSSR count). The SMILES string of the molecule is CC1(C23P4C5(C6(C)CCCCC6)P2C2(C6(C)CCCCC6)P3C4(C3(C)CCCCC3)P52)CCCCC1. The second-order valence-electron chi connectivity index (χ2n) is 16.4. The molecule has 200 valence electrons. The van der Waals surface area contributed by atoms with Crippen LogP contribution < -0.4 is 0 Å². The number of rotatable bonds is 4. The largest absolute Gasteiger partial charge is 0.0585 e. The van der Waals surface area contributed by atoms with Crippen molar-refractivity contribution >= 4 is 31.7 Å². The Morgan fingerprint density at radius 2 is 0.444 bits per heavy atom. The van der Waals surface area contributed by atoms with Gasteiger partial charge in [-0.05, 0) is 73.0 Å². The summed E-state index contributed by atoms with van der Waals surface area (Å²) >= 11 is 0. The third-order valence-corrected chi connectivity index (χ3v) is 43.2. The van der Waals surface area contributed by atoms with Crippen molar-refractivity contribution < 1.29 is 0 Å². The van der Waals surface area contributed by atoms with E-state index < -0.39 is 0 Å². The van der Waals surface area contributed by atoms with Crippen molar-refractivity contribution in [2.45, 2.75) is 175 Å². The fraction of sp³-hybridized carbons (Fsp3) is 1.00. The molecule has 0 nitrogen and oxygen atoms in total. The molecule has 0 N–H and O–H groups in total. The van der Waals surface area contributed by atoms with Gasteiger partial charge in [-0.25, -0.2) is 0 Å². The van der Waals surface area contributed by atoms with Gasteiger partial charge >= 0.3 is 0 Å². The molecule has 0 aromatic rings. The Morgan fingerprint density at radius 3 is 0.611 bits per heavy atom. The summed E-state index contributed by atoms with van der Waals surface area (Å²) in [4.78, 5) is 0. The number of hydrogen-bond donors (Lipinski definition) is 0. The molecule has 4 heteroatoms. The molecule has 4 saturated carbocycles. The van der Waals surface area contributed by atoms with E-state index in [0.29, 0.717) is 31.7 Å². The Morgan fingerprint density at radius 1 is 0.278 bits per heavy atom. The normalized spacial score (nSPS) is 57.7. The molecule has 0 aromatic heterocycles. The first-order valence-corrected chi connectivity index (χ1v) is 21.9. The lowest BCUT2D eigenvalue weighted by Crippen LogP contribution is -3.02. The highest BCUT2D eigenvalue weighted by atomic mass is 31.4. The van der Waals surface area contributed by atoms with Crippen LogP contribution in [0.15, 0.2) is 0 Å². The van der Waals surface area contributed by atoms with Gasteiger partial charge in [-0.15, -0.1) is 0 Å². The van der Waals surface area contributed by atoms with Crippen molar-refractivity contribution in [3.8, 4) is 0 Å². The average molecular weight is 561 g/mol. The van der Waals surface area contributed by atoms with Crippen LogP contribution in [-0.2, 0) is 0 Å². The molecule has 6 aliphatic heterocycles. The molecule has 0 aromatic carbocycles. The molecule has 0 bridgehead atoms. The Kier molecular flexibility index (Phi) is 4.74. The first kappa shape index (κ1) is 24.3. The maximum Gasteiger partial charge on any atom is 0.0427 e. The van der Waals surface area contributed by atoms with Gasteiger partial charge in [0.2, 0.25) is 0 Å². The van der Waals surface area contributed by atoms with Crippen LogP contribution in [0.4, 0.5) is 0 Å². The molecule has 0 atom stereocenters. The van der Waals surface area contributed by atoms with Crippen LogP contribution in [0.5, 0.6) is 0 Å². The molecule has 4 aliphatic carbocycles. The topological polar surface area (TPSA) is 0 Å². The van der Waals surface area contributed by atoms with Crippen molar-refractivity contribution in [1.29, 1.82) is 0 Å². The van der Waals surface area contributed by atoms with Crippen molar-refractivity contribution in [3.05, 3.63) is 0 Å². The van der Waals surface area contributed by atoms with Crippen LogP contribution in [0.3, 0.4) is 0 Å². The highest BCUT2D eigenvalue weighted by Crippen LogP contribution is 3.55. The van der Waals surface area contributed by atoms with Gasteiger partial charge in [-0.1, -0.05) is 136 Å². The maximum atomic E-state index is 2.94. The molecule has 10 fully saturated rings. The van der Waals surface area contributed by atoms with Crippen molar-refractivity contribution in [3.63, 3.8) is 0 Å². The summed E-state index contributed by atoms with van der Waals surface area (Å²) < 4.78 is 4.02. The lowest BCUT2D eigenvalue weighted by atomic mass is 9.74. The van der Waals surface area contributed by atoms with Gasteiger partial charge in [-0.2, -0.15) is 0 Å². The Bertz CT molecular complexity index is 781. The first-order valence-electron chi connectivity index (χ1n) is 16.5. The van der Waals surface area contributed by atoms with E-state index in [2.05, 4.69) is 27.7 Å². The lowest BCUT2D eigenvalue weighted by Gasteiger charge is -3.24. The van der Waals surface area contributed by atoms with Crippen LogP contribution in [-0.4, -0.2) is 18.6 Å². The summed E-state index contributed by atoms with van der Waals surface area (Å²) in [7, 11) is 1.28. The minimum atomic E-state index is 0.321. The van der Waals surface area contributed by atoms with Gasteiger partial charge in [0.1, 0.15) is 0 Å². The summed E-state index contributed by atoms with van der Waals surface area (Å²) in [5.41, 5.74) is 3.14. The third kappa shape index (κ3) is 1.92. The monoisotopic (exact) mass is 560 g/mol. The molecule has 0 unspecified atom stereocenters. The summed E-state index contributed by atoms with van der Waals surface area (Å²) in [6, 6.07) is 0. The maximum absolute atomic E-state index is 2.94. The predicted molar refractivity (Wildman–Crippen MR) is 163 cm³/mol. The molecule has 6 saturated heterocycles. The minimum absolute atomic E-state index is 0.321. The Hall–Kier alpha value is 1.72. The summed E-state index contributed by atoms with van der Waals surface area (Å²) in [5, 5.41) is 0. The van der Waals surface area contributed by atoms with E-state index in [1.54, 1.807) is 128 Å². The van der Waals surface area contributed by atoms with E-state index in [-0.39, 0.29) is 0 Å². The Balaban J connectivity index is 1.25. The fourth-order valence-electron chi connectivity index (χ4n) is 13.4. The smallest absolute Gasteiger partial charge is 0.0427 e. The van der Waals surface area contributed by atoms with Gasteiger partial charge in [0, 0.05) is 18.6 Å². The van der Waals surface area contributed by atoms with Gasteiger partial charge in [-0.3, -0.25) is 0 Å². The zero-order valence-electron chi connectivity index (χ0n) is 23.9. The number of hydrogen-bond acceptors (Lipinski definition) is 0. The molecular formula is C32H52P4. The molecule has 36 heavy (non-hydrogen) atoms. The molecule has 0 radical (unpaired) electrons. The Labute approximate surface area is 227 Å². The molecule has 0 spiro atoms. The predicted octanol–water partition coefficient (Wildman–Crippen LogP) is 12.5. The zero-order valence-corrected chi connectivity index (χ0v) is 27.5. The van der Waals surface area contributed by atoms with Crippen LogP contribution in [0.2, 0.25) is 0 Å². The quantitative estimate of drug-likeness (QED) is 0.300. The van der Waals surface area contributed by atoms with Crippen molar-refractivity contribution in [2.75, 3.05) is 0 Å². The molecule has 10 aliphatic rings. The highest BCUT2D eigenvalue weighted by Gasteiger charge is 3.24. The van der Waals surface area contributed by atoms with Gasteiger partial charge < -0.3 is 0 Å². The van der Waals surface area contributed by atoms with E-state index in [0.717, 1.165) is 40.2 Å². The second kappa shape index (κ2) is 7.02. The van der Waals surface area contributed by atoms with Crippen molar-refractivity contribution in [2.24, 2.45) is 21.7 Å². The minimum Gasteiger partial charge on any atom is -0.0585 e. The van der Waals surface area contributed by atoms with Crippen LogP contribution >= 0.6 is 31.7 Å². The standard InChI is InChI=1S/C32H52P4/c1-25(17-9-5-10-18-25)29-33-30(26(2)19-11-6-12-20-26)34(29)32(28(4)23-15-8-16-24-28)35(29)31(33,36(30)32)27(3)21-13-7-14-22-27/h5-24H2,1-4H3.